The summed E-state index contributed by atoms with van der Waals surface area (Å²) in [6.45, 7) is 1.86. The molecule has 0 bridgehead atoms. The summed E-state index contributed by atoms with van der Waals surface area (Å²) >= 11 is 1.04. The second-order valence-corrected chi connectivity index (χ2v) is 5.78. The molecule has 1 heterocycles. The van der Waals surface area contributed by atoms with Gasteiger partial charge in [-0.25, -0.2) is 9.78 Å². The number of aromatic carboxylic acids is 1. The second kappa shape index (κ2) is 6.14. The molecule has 1 aromatic rings. The molecular weight excluding hydrogens is 264 g/mol. The Morgan fingerprint density at radius 2 is 2.05 bits per heavy atom. The number of carboxylic acid groups (broad SMARTS) is 1. The second-order valence-electron chi connectivity index (χ2n) is 4.78. The zero-order valence-corrected chi connectivity index (χ0v) is 11.8. The Balaban J connectivity index is 2.06. The number of carbonyl (C=O) groups is 2. The standard InChI is InChI=1S/C13H18N2O3S/c1-2-9-10(12(17)18)19-13(14-9)15-11(16)8-6-4-3-5-7-8/h8H,2-7H2,1H3,(H,17,18)(H,14,15,16). The fourth-order valence-electron chi connectivity index (χ4n) is 2.38. The third kappa shape index (κ3) is 3.32. The molecule has 1 aliphatic rings. The van der Waals surface area contributed by atoms with Crippen LogP contribution < -0.4 is 5.32 Å². The van der Waals surface area contributed by atoms with Crippen molar-refractivity contribution in [2.24, 2.45) is 5.92 Å². The van der Waals surface area contributed by atoms with Gasteiger partial charge < -0.3 is 10.4 Å². The minimum absolute atomic E-state index is 0.0203. The lowest BCUT2D eigenvalue weighted by Gasteiger charge is -2.19. The molecule has 0 aromatic carbocycles. The van der Waals surface area contributed by atoms with Gasteiger partial charge in [0.05, 0.1) is 5.69 Å². The van der Waals surface area contributed by atoms with Crippen LogP contribution in [0.25, 0.3) is 0 Å². The Bertz CT molecular complexity index is 478. The normalized spacial score (nSPS) is 16.3. The zero-order valence-electron chi connectivity index (χ0n) is 10.9. The van der Waals surface area contributed by atoms with E-state index in [0.29, 0.717) is 17.2 Å². The molecule has 0 saturated heterocycles. The summed E-state index contributed by atoms with van der Waals surface area (Å²) in [5.41, 5.74) is 0.538. The molecule has 0 radical (unpaired) electrons. The van der Waals surface area contributed by atoms with Gasteiger partial charge in [-0.3, -0.25) is 4.79 Å². The minimum Gasteiger partial charge on any atom is -0.477 e. The van der Waals surface area contributed by atoms with Gasteiger partial charge in [0.1, 0.15) is 4.88 Å². The third-order valence-electron chi connectivity index (χ3n) is 3.43. The van der Waals surface area contributed by atoms with Crippen LogP contribution in [0.5, 0.6) is 0 Å². The Kier molecular flexibility index (Phi) is 4.52. The molecule has 1 saturated carbocycles. The third-order valence-corrected chi connectivity index (χ3v) is 4.43. The van der Waals surface area contributed by atoms with Gasteiger partial charge in [0.25, 0.3) is 0 Å². The van der Waals surface area contributed by atoms with Crippen LogP contribution in [0.4, 0.5) is 5.13 Å². The summed E-state index contributed by atoms with van der Waals surface area (Å²) in [6, 6.07) is 0. The van der Waals surface area contributed by atoms with Gasteiger partial charge >= 0.3 is 5.97 Å². The Morgan fingerprint density at radius 1 is 1.37 bits per heavy atom. The number of hydrogen-bond donors (Lipinski definition) is 2. The van der Waals surface area contributed by atoms with Crippen LogP contribution in [-0.4, -0.2) is 22.0 Å². The number of nitrogens with zero attached hydrogens (tertiary/aromatic N) is 1. The highest BCUT2D eigenvalue weighted by Gasteiger charge is 2.23. The van der Waals surface area contributed by atoms with Crippen molar-refractivity contribution >= 4 is 28.3 Å². The molecule has 5 nitrogen and oxygen atoms in total. The minimum atomic E-state index is -0.979. The van der Waals surface area contributed by atoms with E-state index in [1.54, 1.807) is 0 Å². The Labute approximate surface area is 116 Å². The molecule has 1 amide bonds. The molecule has 0 atom stereocenters. The van der Waals surface area contributed by atoms with Gasteiger partial charge in [-0.15, -0.1) is 0 Å². The fraction of sp³-hybridized carbons (Fsp3) is 0.615. The van der Waals surface area contributed by atoms with Crippen LogP contribution in [0.1, 0.15) is 54.4 Å². The van der Waals surface area contributed by atoms with Gasteiger partial charge in [0, 0.05) is 5.92 Å². The van der Waals surface area contributed by atoms with Gasteiger partial charge in [-0.2, -0.15) is 0 Å². The number of thiazole rings is 1. The maximum atomic E-state index is 12.1. The van der Waals surface area contributed by atoms with E-state index in [1.165, 1.54) is 6.42 Å². The summed E-state index contributed by atoms with van der Waals surface area (Å²) in [7, 11) is 0. The number of anilines is 1. The van der Waals surface area contributed by atoms with E-state index in [4.69, 9.17) is 5.11 Å². The SMILES string of the molecule is CCc1nc(NC(=O)C2CCCCC2)sc1C(=O)O. The molecule has 0 spiro atoms. The molecular formula is C13H18N2O3S. The number of carbonyl (C=O) groups excluding carboxylic acids is 1. The molecule has 6 heteroatoms. The molecule has 0 aliphatic heterocycles. The van der Waals surface area contributed by atoms with Crippen molar-refractivity contribution in [3.63, 3.8) is 0 Å². The predicted octanol–water partition coefficient (Wildman–Crippen LogP) is 2.92. The van der Waals surface area contributed by atoms with Crippen LogP contribution in [0.2, 0.25) is 0 Å². The van der Waals surface area contributed by atoms with Crippen LogP contribution in [0.15, 0.2) is 0 Å². The Morgan fingerprint density at radius 3 is 2.58 bits per heavy atom. The van der Waals surface area contributed by atoms with E-state index >= 15 is 0 Å². The molecule has 1 fully saturated rings. The number of hydrogen-bond acceptors (Lipinski definition) is 4. The largest absolute Gasteiger partial charge is 0.477 e. The number of carboxylic acids is 1. The summed E-state index contributed by atoms with van der Waals surface area (Å²) < 4.78 is 0. The highest BCUT2D eigenvalue weighted by atomic mass is 32.1. The smallest absolute Gasteiger partial charge is 0.347 e. The first-order chi connectivity index (χ1) is 9.11. The van der Waals surface area contributed by atoms with Crippen LogP contribution >= 0.6 is 11.3 Å². The maximum absolute atomic E-state index is 12.1. The highest BCUT2D eigenvalue weighted by Crippen LogP contribution is 2.27. The summed E-state index contributed by atoms with van der Waals surface area (Å²) in [4.78, 5) is 27.5. The van der Waals surface area contributed by atoms with Gasteiger partial charge in [0.2, 0.25) is 5.91 Å². The van der Waals surface area contributed by atoms with Crippen molar-refractivity contribution in [2.75, 3.05) is 5.32 Å². The lowest BCUT2D eigenvalue weighted by molar-refractivity contribution is -0.120. The van der Waals surface area contributed by atoms with E-state index in [9.17, 15) is 9.59 Å². The molecule has 2 N–H and O–H groups in total. The van der Waals surface area contributed by atoms with Crippen molar-refractivity contribution in [1.82, 2.24) is 4.98 Å². The van der Waals surface area contributed by atoms with E-state index in [2.05, 4.69) is 10.3 Å². The van der Waals surface area contributed by atoms with Crippen molar-refractivity contribution < 1.29 is 14.7 Å². The van der Waals surface area contributed by atoms with E-state index < -0.39 is 5.97 Å². The number of aromatic nitrogens is 1. The lowest BCUT2D eigenvalue weighted by atomic mass is 9.89. The lowest BCUT2D eigenvalue weighted by Crippen LogP contribution is -2.24. The quantitative estimate of drug-likeness (QED) is 0.890. The monoisotopic (exact) mass is 282 g/mol. The molecule has 1 aliphatic carbocycles. The first kappa shape index (κ1) is 14.0. The molecule has 19 heavy (non-hydrogen) atoms. The van der Waals surface area contributed by atoms with Crippen LogP contribution in [0, 0.1) is 5.92 Å². The van der Waals surface area contributed by atoms with Crippen molar-refractivity contribution in [3.05, 3.63) is 10.6 Å². The van der Waals surface area contributed by atoms with Crippen LogP contribution in [0.3, 0.4) is 0 Å². The zero-order chi connectivity index (χ0) is 13.8. The van der Waals surface area contributed by atoms with Crippen molar-refractivity contribution in [3.8, 4) is 0 Å². The Hall–Kier alpha value is -1.43. The number of nitrogens with one attached hydrogen (secondary N) is 1. The summed E-state index contributed by atoms with van der Waals surface area (Å²) in [6.07, 6.45) is 5.78. The fourth-order valence-corrected chi connectivity index (χ4v) is 3.28. The first-order valence-electron chi connectivity index (χ1n) is 6.65. The van der Waals surface area contributed by atoms with Crippen LogP contribution in [-0.2, 0) is 11.2 Å². The average Bonchev–Trinajstić information content (AvgIpc) is 2.83. The molecule has 0 unspecified atom stereocenters. The summed E-state index contributed by atoms with van der Waals surface area (Å²) in [5.74, 6) is -0.948. The van der Waals surface area contributed by atoms with E-state index in [1.807, 2.05) is 6.92 Å². The first-order valence-corrected chi connectivity index (χ1v) is 7.47. The average molecular weight is 282 g/mol. The van der Waals surface area contributed by atoms with Crippen molar-refractivity contribution in [1.29, 1.82) is 0 Å². The van der Waals surface area contributed by atoms with Gasteiger partial charge in [-0.05, 0) is 19.3 Å². The number of rotatable bonds is 4. The van der Waals surface area contributed by atoms with E-state index in [0.717, 1.165) is 37.0 Å². The summed E-state index contributed by atoms with van der Waals surface area (Å²) in [5, 5.41) is 12.2. The molecule has 104 valence electrons. The molecule has 2 rings (SSSR count). The van der Waals surface area contributed by atoms with Crippen molar-refractivity contribution in [2.45, 2.75) is 45.4 Å². The molecule has 1 aromatic heterocycles. The topological polar surface area (TPSA) is 79.3 Å². The van der Waals surface area contributed by atoms with E-state index in [-0.39, 0.29) is 16.7 Å². The predicted molar refractivity (Wildman–Crippen MR) is 73.7 cm³/mol. The maximum Gasteiger partial charge on any atom is 0.347 e. The number of aryl methyl sites for hydroxylation is 1. The van der Waals surface area contributed by atoms with Gasteiger partial charge in [-0.1, -0.05) is 37.5 Å². The number of amides is 1. The highest BCUT2D eigenvalue weighted by molar-refractivity contribution is 7.17. The van der Waals surface area contributed by atoms with Gasteiger partial charge in [0.15, 0.2) is 5.13 Å².